The van der Waals surface area contributed by atoms with Crippen molar-refractivity contribution < 1.29 is 4.39 Å². The molecule has 1 fully saturated rings. The molecule has 3 heteroatoms. The Labute approximate surface area is 90.1 Å². The van der Waals surface area contributed by atoms with Crippen LogP contribution in [0.2, 0.25) is 0 Å². The molecule has 1 nitrogen and oxygen atoms in total. The van der Waals surface area contributed by atoms with Crippen molar-refractivity contribution in [3.8, 4) is 0 Å². The predicted molar refractivity (Wildman–Crippen MR) is 58.7 cm³/mol. The van der Waals surface area contributed by atoms with Gasteiger partial charge < -0.3 is 5.32 Å². The third-order valence-corrected chi connectivity index (χ3v) is 2.49. The van der Waals surface area contributed by atoms with Crippen LogP contribution in [0.15, 0.2) is 30.3 Å². The first-order chi connectivity index (χ1) is 6.34. The second kappa shape index (κ2) is 5.32. The summed E-state index contributed by atoms with van der Waals surface area (Å²) in [6, 6.07) is 10.6. The van der Waals surface area contributed by atoms with Crippen LogP contribution >= 0.6 is 12.4 Å². The molecule has 78 valence electrons. The van der Waals surface area contributed by atoms with Gasteiger partial charge in [-0.1, -0.05) is 30.3 Å². The van der Waals surface area contributed by atoms with E-state index >= 15 is 0 Å². The highest BCUT2D eigenvalue weighted by Gasteiger charge is 2.23. The lowest BCUT2D eigenvalue weighted by Crippen LogP contribution is -2.23. The van der Waals surface area contributed by atoms with Crippen molar-refractivity contribution in [2.24, 2.45) is 0 Å². The van der Waals surface area contributed by atoms with Crippen LogP contribution in [0.1, 0.15) is 12.0 Å². The Morgan fingerprint density at radius 1 is 1.29 bits per heavy atom. The van der Waals surface area contributed by atoms with Crippen molar-refractivity contribution in [1.82, 2.24) is 5.32 Å². The zero-order valence-electron chi connectivity index (χ0n) is 7.95. The Morgan fingerprint density at radius 3 is 2.57 bits per heavy atom. The number of nitrogens with one attached hydrogen (secondary N) is 1. The topological polar surface area (TPSA) is 12.0 Å². The Balaban J connectivity index is 0.000000980. The molecule has 1 heterocycles. The van der Waals surface area contributed by atoms with E-state index in [1.54, 1.807) is 0 Å². The molecule has 0 aromatic heterocycles. The molecule has 1 N–H and O–H groups in total. The van der Waals surface area contributed by atoms with E-state index in [2.05, 4.69) is 17.4 Å². The summed E-state index contributed by atoms with van der Waals surface area (Å²) in [4.78, 5) is 0. The monoisotopic (exact) mass is 215 g/mol. The van der Waals surface area contributed by atoms with E-state index in [1.165, 1.54) is 5.56 Å². The average Bonchev–Trinajstić information content (AvgIpc) is 2.53. The zero-order valence-corrected chi connectivity index (χ0v) is 8.77. The summed E-state index contributed by atoms with van der Waals surface area (Å²) < 4.78 is 12.8. The fourth-order valence-corrected chi connectivity index (χ4v) is 1.82. The smallest absolute Gasteiger partial charge is 0.114 e. The van der Waals surface area contributed by atoms with E-state index in [0.717, 1.165) is 6.42 Å². The first-order valence-corrected chi connectivity index (χ1v) is 4.76. The molecule has 1 aromatic carbocycles. The van der Waals surface area contributed by atoms with Crippen molar-refractivity contribution in [3.63, 3.8) is 0 Å². The molecular formula is C11H15ClFN. The van der Waals surface area contributed by atoms with Crippen molar-refractivity contribution in [2.45, 2.75) is 25.1 Å². The number of benzene rings is 1. The number of halogens is 2. The fourth-order valence-electron chi connectivity index (χ4n) is 1.82. The lowest BCUT2D eigenvalue weighted by Gasteiger charge is -2.08. The molecule has 2 atom stereocenters. The molecule has 1 saturated heterocycles. The molecule has 0 aliphatic carbocycles. The van der Waals surface area contributed by atoms with Gasteiger partial charge in [-0.25, -0.2) is 4.39 Å². The van der Waals surface area contributed by atoms with Crippen molar-refractivity contribution in [2.75, 3.05) is 6.54 Å². The van der Waals surface area contributed by atoms with Crippen LogP contribution in [0.25, 0.3) is 0 Å². The van der Waals surface area contributed by atoms with Gasteiger partial charge in [-0.15, -0.1) is 12.4 Å². The summed E-state index contributed by atoms with van der Waals surface area (Å²) in [5.41, 5.74) is 1.29. The molecule has 1 aliphatic rings. The minimum atomic E-state index is -0.645. The molecule has 14 heavy (non-hydrogen) atoms. The number of hydrogen-bond acceptors (Lipinski definition) is 1. The molecule has 2 unspecified atom stereocenters. The molecule has 1 aromatic rings. The average molecular weight is 216 g/mol. The van der Waals surface area contributed by atoms with Crippen molar-refractivity contribution in [3.05, 3.63) is 35.9 Å². The van der Waals surface area contributed by atoms with Crippen LogP contribution in [0, 0.1) is 0 Å². The van der Waals surface area contributed by atoms with Gasteiger partial charge in [0, 0.05) is 12.6 Å². The SMILES string of the molecule is Cl.FC1CNC(Cc2ccccc2)C1. The highest BCUT2D eigenvalue weighted by Crippen LogP contribution is 2.14. The lowest BCUT2D eigenvalue weighted by molar-refractivity contribution is 0.355. The van der Waals surface area contributed by atoms with Gasteiger partial charge >= 0.3 is 0 Å². The molecule has 0 spiro atoms. The van der Waals surface area contributed by atoms with Crippen LogP contribution in [0.3, 0.4) is 0 Å². The summed E-state index contributed by atoms with van der Waals surface area (Å²) in [5, 5.41) is 3.18. The number of rotatable bonds is 2. The van der Waals surface area contributed by atoms with E-state index < -0.39 is 6.17 Å². The maximum absolute atomic E-state index is 12.8. The Morgan fingerprint density at radius 2 is 2.00 bits per heavy atom. The standard InChI is InChI=1S/C11H14FN.ClH/c12-10-7-11(13-8-10)6-9-4-2-1-3-5-9;/h1-5,10-11,13H,6-8H2;1H. The summed E-state index contributed by atoms with van der Waals surface area (Å²) in [5.74, 6) is 0. The maximum atomic E-state index is 12.8. The van der Waals surface area contributed by atoms with Gasteiger partial charge in [-0.3, -0.25) is 0 Å². The van der Waals surface area contributed by atoms with Crippen LogP contribution in [-0.4, -0.2) is 18.8 Å². The second-order valence-corrected chi connectivity index (χ2v) is 3.63. The third kappa shape index (κ3) is 2.96. The van der Waals surface area contributed by atoms with E-state index in [0.29, 0.717) is 19.0 Å². The summed E-state index contributed by atoms with van der Waals surface area (Å²) >= 11 is 0. The number of hydrogen-bond donors (Lipinski definition) is 1. The van der Waals surface area contributed by atoms with Gasteiger partial charge in [-0.2, -0.15) is 0 Å². The van der Waals surface area contributed by atoms with Crippen molar-refractivity contribution >= 4 is 12.4 Å². The molecule has 0 amide bonds. The zero-order chi connectivity index (χ0) is 9.10. The van der Waals surface area contributed by atoms with E-state index in [4.69, 9.17) is 0 Å². The first kappa shape index (κ1) is 11.5. The van der Waals surface area contributed by atoms with Gasteiger partial charge in [0.2, 0.25) is 0 Å². The normalized spacial score (nSPS) is 25.8. The molecule has 0 radical (unpaired) electrons. The van der Waals surface area contributed by atoms with Gasteiger partial charge in [0.05, 0.1) is 0 Å². The quantitative estimate of drug-likeness (QED) is 0.799. The van der Waals surface area contributed by atoms with E-state index in [-0.39, 0.29) is 12.4 Å². The van der Waals surface area contributed by atoms with Crippen LogP contribution in [-0.2, 0) is 6.42 Å². The highest BCUT2D eigenvalue weighted by molar-refractivity contribution is 5.85. The largest absolute Gasteiger partial charge is 0.311 e. The minimum absolute atomic E-state index is 0. The molecule has 0 saturated carbocycles. The van der Waals surface area contributed by atoms with E-state index in [9.17, 15) is 4.39 Å². The number of alkyl halides is 1. The Bertz CT molecular complexity index is 265. The lowest BCUT2D eigenvalue weighted by atomic mass is 10.0. The van der Waals surface area contributed by atoms with Gasteiger partial charge in [0.25, 0.3) is 0 Å². The summed E-state index contributed by atoms with van der Waals surface area (Å²) in [7, 11) is 0. The van der Waals surface area contributed by atoms with E-state index in [1.807, 2.05) is 18.2 Å². The third-order valence-electron chi connectivity index (χ3n) is 2.49. The minimum Gasteiger partial charge on any atom is -0.311 e. The van der Waals surface area contributed by atoms with Gasteiger partial charge in [0.15, 0.2) is 0 Å². The Kier molecular flexibility index (Phi) is 4.36. The summed E-state index contributed by atoms with van der Waals surface area (Å²) in [6.45, 7) is 0.525. The van der Waals surface area contributed by atoms with Crippen LogP contribution < -0.4 is 5.32 Å². The maximum Gasteiger partial charge on any atom is 0.114 e. The first-order valence-electron chi connectivity index (χ1n) is 4.76. The van der Waals surface area contributed by atoms with Gasteiger partial charge in [0.1, 0.15) is 6.17 Å². The molecular weight excluding hydrogens is 201 g/mol. The van der Waals surface area contributed by atoms with Crippen molar-refractivity contribution in [1.29, 1.82) is 0 Å². The van der Waals surface area contributed by atoms with Gasteiger partial charge in [-0.05, 0) is 18.4 Å². The predicted octanol–water partition coefficient (Wildman–Crippen LogP) is 2.35. The summed E-state index contributed by atoms with van der Waals surface area (Å²) in [6.07, 6.45) is 0.963. The fraction of sp³-hybridized carbons (Fsp3) is 0.455. The van der Waals surface area contributed by atoms with Crippen LogP contribution in [0.5, 0.6) is 0 Å². The second-order valence-electron chi connectivity index (χ2n) is 3.63. The molecule has 0 bridgehead atoms. The van der Waals surface area contributed by atoms with Crippen LogP contribution in [0.4, 0.5) is 4.39 Å². The highest BCUT2D eigenvalue weighted by atomic mass is 35.5. The molecule has 2 rings (SSSR count). The Hall–Kier alpha value is -0.600. The molecule has 1 aliphatic heterocycles.